The Bertz CT molecular complexity index is 1170. The van der Waals surface area contributed by atoms with E-state index in [9.17, 15) is 4.79 Å². The Kier molecular flexibility index (Phi) is 3.97. The molecule has 140 valence electrons. The van der Waals surface area contributed by atoms with Gasteiger partial charge >= 0.3 is 0 Å². The third-order valence-corrected chi connectivity index (χ3v) is 5.28. The zero-order valence-corrected chi connectivity index (χ0v) is 15.6. The summed E-state index contributed by atoms with van der Waals surface area (Å²) in [6, 6.07) is 16.1. The predicted molar refractivity (Wildman–Crippen MR) is 107 cm³/mol. The Hall–Kier alpha value is -3.41. The molecule has 5 rings (SSSR count). The molecule has 0 fully saturated rings. The Morgan fingerprint density at radius 1 is 1.11 bits per heavy atom. The number of carbonyl (C=O) groups is 1. The molecule has 0 spiro atoms. The second kappa shape index (κ2) is 6.64. The van der Waals surface area contributed by atoms with Gasteiger partial charge in [-0.05, 0) is 24.1 Å². The van der Waals surface area contributed by atoms with Crippen LogP contribution in [-0.4, -0.2) is 27.2 Å². The summed E-state index contributed by atoms with van der Waals surface area (Å²) in [5.41, 5.74) is 4.09. The third-order valence-electron chi connectivity index (χ3n) is 5.28. The molecule has 4 aromatic rings. The highest BCUT2D eigenvalue weighted by Crippen LogP contribution is 2.31. The highest BCUT2D eigenvalue weighted by Gasteiger charge is 2.25. The smallest absolute Gasteiger partial charge is 0.249 e. The molecular weight excluding hydrogens is 352 g/mol. The van der Waals surface area contributed by atoms with E-state index in [1.54, 1.807) is 0 Å². The summed E-state index contributed by atoms with van der Waals surface area (Å²) in [5, 5.41) is 9.26. The maximum Gasteiger partial charge on any atom is 0.249 e. The minimum absolute atomic E-state index is 0.0806. The average Bonchev–Trinajstić information content (AvgIpc) is 3.45. The van der Waals surface area contributed by atoms with Gasteiger partial charge in [0.15, 0.2) is 0 Å². The number of amides is 1. The van der Waals surface area contributed by atoms with Crippen LogP contribution in [0.2, 0.25) is 0 Å². The van der Waals surface area contributed by atoms with Crippen LogP contribution >= 0.6 is 0 Å². The van der Waals surface area contributed by atoms with Crippen LogP contribution in [0.5, 0.6) is 0 Å². The van der Waals surface area contributed by atoms with E-state index in [0.29, 0.717) is 18.2 Å². The van der Waals surface area contributed by atoms with Crippen molar-refractivity contribution in [2.24, 2.45) is 0 Å². The molecule has 3 heterocycles. The quantitative estimate of drug-likeness (QED) is 0.546. The summed E-state index contributed by atoms with van der Waals surface area (Å²) in [5.74, 6) is 1.18. The number of nitrogens with zero attached hydrogens (tertiary/aromatic N) is 4. The van der Waals surface area contributed by atoms with Crippen molar-refractivity contribution < 1.29 is 9.21 Å². The molecule has 0 bridgehead atoms. The molecule has 6 heteroatoms. The highest BCUT2D eigenvalue weighted by atomic mass is 16.4. The van der Waals surface area contributed by atoms with Crippen molar-refractivity contribution in [2.75, 3.05) is 11.4 Å². The van der Waals surface area contributed by atoms with E-state index in [-0.39, 0.29) is 12.5 Å². The number of benzene rings is 2. The van der Waals surface area contributed by atoms with Crippen molar-refractivity contribution >= 4 is 22.5 Å². The van der Waals surface area contributed by atoms with Gasteiger partial charge < -0.3 is 13.9 Å². The number of fused-ring (bicyclic) bond motifs is 2. The van der Waals surface area contributed by atoms with Crippen LogP contribution < -0.4 is 4.90 Å². The summed E-state index contributed by atoms with van der Waals surface area (Å²) in [6.07, 6.45) is 3.54. The molecule has 2 aromatic heterocycles. The van der Waals surface area contributed by atoms with Gasteiger partial charge in [0.1, 0.15) is 6.54 Å². The number of para-hydroxylation sites is 2. The van der Waals surface area contributed by atoms with Gasteiger partial charge in [-0.2, -0.15) is 0 Å². The molecule has 1 aliphatic heterocycles. The summed E-state index contributed by atoms with van der Waals surface area (Å²) in [6.45, 7) is 2.98. The van der Waals surface area contributed by atoms with Crippen LogP contribution in [0.3, 0.4) is 0 Å². The summed E-state index contributed by atoms with van der Waals surface area (Å²) in [4.78, 5) is 15.0. The first-order chi connectivity index (χ1) is 13.7. The number of rotatable bonds is 4. The fourth-order valence-electron chi connectivity index (χ4n) is 3.88. The number of aromatic nitrogens is 3. The Balaban J connectivity index is 1.51. The van der Waals surface area contributed by atoms with E-state index in [1.807, 2.05) is 65.1 Å². The normalized spacial score (nSPS) is 13.2. The lowest BCUT2D eigenvalue weighted by atomic mass is 10.2. The van der Waals surface area contributed by atoms with Crippen LogP contribution in [0.25, 0.3) is 22.4 Å². The highest BCUT2D eigenvalue weighted by molar-refractivity contribution is 5.98. The van der Waals surface area contributed by atoms with E-state index in [0.717, 1.165) is 35.1 Å². The second-order valence-corrected chi connectivity index (χ2v) is 6.97. The number of hydrogen-bond donors (Lipinski definition) is 0. The van der Waals surface area contributed by atoms with E-state index in [2.05, 4.69) is 16.3 Å². The lowest BCUT2D eigenvalue weighted by Crippen LogP contribution is -2.32. The zero-order chi connectivity index (χ0) is 19.1. The van der Waals surface area contributed by atoms with Gasteiger partial charge in [-0.3, -0.25) is 4.79 Å². The van der Waals surface area contributed by atoms with E-state index >= 15 is 0 Å². The Morgan fingerprint density at radius 2 is 1.93 bits per heavy atom. The zero-order valence-electron chi connectivity index (χ0n) is 15.6. The fraction of sp³-hybridized carbons (Fsp3) is 0.227. The van der Waals surface area contributed by atoms with Crippen LogP contribution in [0.1, 0.15) is 18.4 Å². The number of aryl methyl sites for hydroxylation is 1. The SMILES string of the molecule is CCc1nnc(-c2cn(CC(=O)N3CCc4ccccc43)c3ccccc23)o1. The van der Waals surface area contributed by atoms with Crippen molar-refractivity contribution in [1.29, 1.82) is 0 Å². The van der Waals surface area contributed by atoms with E-state index in [1.165, 1.54) is 5.56 Å². The fourth-order valence-corrected chi connectivity index (χ4v) is 3.88. The van der Waals surface area contributed by atoms with Gasteiger partial charge in [-0.15, -0.1) is 10.2 Å². The topological polar surface area (TPSA) is 64.2 Å². The molecule has 0 unspecified atom stereocenters. The van der Waals surface area contributed by atoms with Crippen LogP contribution in [0.15, 0.2) is 59.1 Å². The van der Waals surface area contributed by atoms with Gasteiger partial charge in [0.25, 0.3) is 0 Å². The van der Waals surface area contributed by atoms with Gasteiger partial charge in [0, 0.05) is 35.8 Å². The first-order valence-corrected chi connectivity index (χ1v) is 9.53. The minimum Gasteiger partial charge on any atom is -0.421 e. The molecule has 0 atom stereocenters. The molecular formula is C22H20N4O2. The van der Waals surface area contributed by atoms with E-state index in [4.69, 9.17) is 4.42 Å². The molecule has 0 aliphatic carbocycles. The first-order valence-electron chi connectivity index (χ1n) is 9.53. The molecule has 1 aliphatic rings. The van der Waals surface area contributed by atoms with Crippen LogP contribution in [0.4, 0.5) is 5.69 Å². The van der Waals surface area contributed by atoms with Gasteiger partial charge in [-0.1, -0.05) is 43.3 Å². The van der Waals surface area contributed by atoms with Gasteiger partial charge in [-0.25, -0.2) is 0 Å². The number of anilines is 1. The van der Waals surface area contributed by atoms with Crippen molar-refractivity contribution in [3.63, 3.8) is 0 Å². The van der Waals surface area contributed by atoms with Gasteiger partial charge in [0.05, 0.1) is 5.56 Å². The molecule has 0 radical (unpaired) electrons. The third kappa shape index (κ3) is 2.69. The monoisotopic (exact) mass is 372 g/mol. The maximum atomic E-state index is 13.1. The lowest BCUT2D eigenvalue weighted by molar-refractivity contribution is -0.119. The predicted octanol–water partition coefficient (Wildman–Crippen LogP) is 3.84. The molecule has 2 aromatic carbocycles. The summed E-state index contributed by atoms with van der Waals surface area (Å²) >= 11 is 0. The Labute approximate surface area is 162 Å². The van der Waals surface area contributed by atoms with Gasteiger partial charge in [0.2, 0.25) is 17.7 Å². The maximum absolute atomic E-state index is 13.1. The van der Waals surface area contributed by atoms with Crippen LogP contribution in [-0.2, 0) is 24.2 Å². The molecule has 1 amide bonds. The average molecular weight is 372 g/mol. The van der Waals surface area contributed by atoms with Crippen molar-refractivity contribution in [3.8, 4) is 11.5 Å². The summed E-state index contributed by atoms with van der Waals surface area (Å²) < 4.78 is 7.74. The lowest BCUT2D eigenvalue weighted by Gasteiger charge is -2.18. The van der Waals surface area contributed by atoms with E-state index < -0.39 is 0 Å². The van der Waals surface area contributed by atoms with Crippen molar-refractivity contribution in [3.05, 3.63) is 66.2 Å². The van der Waals surface area contributed by atoms with Crippen LogP contribution in [0, 0.1) is 0 Å². The molecule has 0 saturated heterocycles. The minimum atomic E-state index is 0.0806. The molecule has 0 saturated carbocycles. The largest absolute Gasteiger partial charge is 0.421 e. The second-order valence-electron chi connectivity index (χ2n) is 6.97. The Morgan fingerprint density at radius 3 is 2.79 bits per heavy atom. The number of hydrogen-bond acceptors (Lipinski definition) is 4. The first kappa shape index (κ1) is 16.7. The number of carbonyl (C=O) groups excluding carboxylic acids is 1. The molecule has 0 N–H and O–H groups in total. The molecule has 6 nitrogen and oxygen atoms in total. The molecule has 28 heavy (non-hydrogen) atoms. The van der Waals surface area contributed by atoms with Crippen molar-refractivity contribution in [2.45, 2.75) is 26.3 Å². The van der Waals surface area contributed by atoms with Crippen molar-refractivity contribution in [1.82, 2.24) is 14.8 Å². The summed E-state index contributed by atoms with van der Waals surface area (Å²) in [7, 11) is 0. The standard InChI is InChI=1S/C22H20N4O2/c1-2-20-23-24-22(28-20)17-13-25(19-10-6-4-8-16(17)19)14-21(27)26-12-11-15-7-3-5-9-18(15)26/h3-10,13H,2,11-12,14H2,1H3.